The number of ether oxygens (including phenoxy) is 1. The summed E-state index contributed by atoms with van der Waals surface area (Å²) in [5, 5.41) is 0. The first-order chi connectivity index (χ1) is 7.81. The second-order valence-corrected chi connectivity index (χ2v) is 6.05. The lowest BCUT2D eigenvalue weighted by Crippen LogP contribution is -2.15. The van der Waals surface area contributed by atoms with Crippen molar-refractivity contribution in [3.8, 4) is 0 Å². The van der Waals surface area contributed by atoms with Crippen LogP contribution in [0.4, 0.5) is 5.69 Å². The fraction of sp³-hybridized carbons (Fsp3) is 0.364. The third kappa shape index (κ3) is 4.07. The van der Waals surface area contributed by atoms with E-state index in [1.54, 1.807) is 25.1 Å². The van der Waals surface area contributed by atoms with Gasteiger partial charge in [0.1, 0.15) is 6.61 Å². The predicted molar refractivity (Wildman–Crippen MR) is 65.6 cm³/mol. The molecule has 1 rings (SSSR count). The average molecular weight is 257 g/mol. The lowest BCUT2D eigenvalue weighted by atomic mass is 10.1. The molecular weight excluding hydrogens is 242 g/mol. The number of hydrogen-bond acceptors (Lipinski definition) is 5. The van der Waals surface area contributed by atoms with E-state index in [4.69, 9.17) is 10.5 Å². The smallest absolute Gasteiger partial charge is 0.338 e. The molecule has 0 amide bonds. The molecule has 2 N–H and O–H groups in total. The van der Waals surface area contributed by atoms with E-state index in [-0.39, 0.29) is 12.4 Å². The van der Waals surface area contributed by atoms with Crippen LogP contribution in [0.3, 0.4) is 0 Å². The van der Waals surface area contributed by atoms with Crippen LogP contribution in [0.15, 0.2) is 18.2 Å². The molecule has 1 aromatic carbocycles. The van der Waals surface area contributed by atoms with Crippen molar-refractivity contribution in [2.45, 2.75) is 6.92 Å². The van der Waals surface area contributed by atoms with Crippen molar-refractivity contribution in [3.63, 3.8) is 0 Å². The second-order valence-electron chi connectivity index (χ2n) is 3.79. The average Bonchev–Trinajstić information content (AvgIpc) is 2.20. The van der Waals surface area contributed by atoms with Crippen LogP contribution in [0.2, 0.25) is 0 Å². The molecule has 6 heteroatoms. The van der Waals surface area contributed by atoms with Crippen LogP contribution < -0.4 is 5.73 Å². The van der Waals surface area contributed by atoms with Gasteiger partial charge in [-0.25, -0.2) is 13.2 Å². The number of carbonyl (C=O) groups is 1. The maximum atomic E-state index is 11.6. The van der Waals surface area contributed by atoms with Crippen LogP contribution in [0.5, 0.6) is 0 Å². The Morgan fingerprint density at radius 2 is 2.06 bits per heavy atom. The van der Waals surface area contributed by atoms with Gasteiger partial charge in [-0.2, -0.15) is 0 Å². The largest absolute Gasteiger partial charge is 0.461 e. The van der Waals surface area contributed by atoms with Crippen LogP contribution in [-0.2, 0) is 14.6 Å². The van der Waals surface area contributed by atoms with Crippen LogP contribution in [0.25, 0.3) is 0 Å². The molecule has 94 valence electrons. The molecule has 0 aliphatic heterocycles. The highest BCUT2D eigenvalue weighted by Crippen LogP contribution is 2.16. The van der Waals surface area contributed by atoms with Gasteiger partial charge in [-0.15, -0.1) is 0 Å². The lowest BCUT2D eigenvalue weighted by molar-refractivity contribution is 0.0528. The van der Waals surface area contributed by atoms with Crippen molar-refractivity contribution >= 4 is 21.5 Å². The molecule has 0 aliphatic rings. The van der Waals surface area contributed by atoms with Gasteiger partial charge in [0.25, 0.3) is 0 Å². The van der Waals surface area contributed by atoms with E-state index in [1.165, 1.54) is 0 Å². The lowest BCUT2D eigenvalue weighted by Gasteiger charge is -2.08. The van der Waals surface area contributed by atoms with E-state index in [0.717, 1.165) is 6.26 Å². The van der Waals surface area contributed by atoms with Crippen molar-refractivity contribution in [1.82, 2.24) is 0 Å². The number of esters is 1. The van der Waals surface area contributed by atoms with Crippen LogP contribution in [0.1, 0.15) is 15.9 Å². The summed E-state index contributed by atoms with van der Waals surface area (Å²) in [5.74, 6) is -0.737. The molecule has 0 heterocycles. The molecular formula is C11H15NO4S. The molecule has 1 aromatic rings. The van der Waals surface area contributed by atoms with Gasteiger partial charge in [0.05, 0.1) is 11.3 Å². The first kappa shape index (κ1) is 13.5. The van der Waals surface area contributed by atoms with E-state index in [0.29, 0.717) is 16.8 Å². The summed E-state index contributed by atoms with van der Waals surface area (Å²) in [6.07, 6.45) is 1.09. The van der Waals surface area contributed by atoms with Crippen LogP contribution >= 0.6 is 0 Å². The zero-order valence-electron chi connectivity index (χ0n) is 9.76. The van der Waals surface area contributed by atoms with E-state index in [2.05, 4.69) is 0 Å². The van der Waals surface area contributed by atoms with Crippen LogP contribution in [0, 0.1) is 6.92 Å². The minimum absolute atomic E-state index is 0.147. The van der Waals surface area contributed by atoms with Gasteiger partial charge in [0.15, 0.2) is 9.84 Å². The molecule has 0 radical (unpaired) electrons. The number of hydrogen-bond donors (Lipinski definition) is 1. The van der Waals surface area contributed by atoms with Gasteiger partial charge in [0, 0.05) is 11.9 Å². The number of nitrogens with two attached hydrogens (primary N) is 1. The van der Waals surface area contributed by atoms with E-state index in [9.17, 15) is 13.2 Å². The summed E-state index contributed by atoms with van der Waals surface area (Å²) >= 11 is 0. The Morgan fingerprint density at radius 1 is 1.41 bits per heavy atom. The Bertz CT molecular complexity index is 522. The monoisotopic (exact) mass is 257 g/mol. The topological polar surface area (TPSA) is 86.5 Å². The first-order valence-electron chi connectivity index (χ1n) is 5.01. The molecule has 5 nitrogen and oxygen atoms in total. The van der Waals surface area contributed by atoms with E-state index >= 15 is 0 Å². The standard InChI is InChI=1S/C11H15NO4S/c1-8-9(4-3-5-10(8)12)11(13)16-6-7-17(2,14)15/h3-5H,6-7,12H2,1-2H3. The van der Waals surface area contributed by atoms with E-state index in [1.807, 2.05) is 0 Å². The first-order valence-corrected chi connectivity index (χ1v) is 7.07. The SMILES string of the molecule is Cc1c(N)cccc1C(=O)OCCS(C)(=O)=O. The van der Waals surface area contributed by atoms with Crippen molar-refractivity contribution in [2.24, 2.45) is 0 Å². The Labute approximate surface area is 100 Å². The molecule has 0 saturated carbocycles. The maximum Gasteiger partial charge on any atom is 0.338 e. The van der Waals surface area contributed by atoms with Crippen molar-refractivity contribution < 1.29 is 17.9 Å². The zero-order chi connectivity index (χ0) is 13.1. The van der Waals surface area contributed by atoms with Gasteiger partial charge < -0.3 is 10.5 Å². The summed E-state index contributed by atoms with van der Waals surface area (Å²) in [6, 6.07) is 4.92. The van der Waals surface area contributed by atoms with Gasteiger partial charge >= 0.3 is 5.97 Å². The highest BCUT2D eigenvalue weighted by Gasteiger charge is 2.12. The summed E-state index contributed by atoms with van der Waals surface area (Å²) in [7, 11) is -3.12. The fourth-order valence-electron chi connectivity index (χ4n) is 1.24. The Morgan fingerprint density at radius 3 is 2.65 bits per heavy atom. The number of carbonyl (C=O) groups excluding carboxylic acids is 1. The van der Waals surface area contributed by atoms with Gasteiger partial charge in [-0.05, 0) is 24.6 Å². The van der Waals surface area contributed by atoms with Crippen molar-refractivity contribution in [3.05, 3.63) is 29.3 Å². The summed E-state index contributed by atoms with van der Waals surface area (Å²) < 4.78 is 26.6. The highest BCUT2D eigenvalue weighted by atomic mass is 32.2. The summed E-state index contributed by atoms with van der Waals surface area (Å²) in [6.45, 7) is 1.56. The highest BCUT2D eigenvalue weighted by molar-refractivity contribution is 7.90. The van der Waals surface area contributed by atoms with Crippen LogP contribution in [-0.4, -0.2) is 33.0 Å². The molecule has 0 bridgehead atoms. The Hall–Kier alpha value is -1.56. The van der Waals surface area contributed by atoms with Gasteiger partial charge in [-0.1, -0.05) is 6.07 Å². The second kappa shape index (κ2) is 5.18. The molecule has 0 saturated heterocycles. The molecule has 0 aromatic heterocycles. The molecule has 0 spiro atoms. The number of nitrogen functional groups attached to an aromatic ring is 1. The Balaban J connectivity index is 2.68. The third-order valence-corrected chi connectivity index (χ3v) is 3.19. The molecule has 17 heavy (non-hydrogen) atoms. The van der Waals surface area contributed by atoms with Crippen molar-refractivity contribution in [2.75, 3.05) is 24.3 Å². The van der Waals surface area contributed by atoms with Gasteiger partial charge in [-0.3, -0.25) is 0 Å². The Kier molecular flexibility index (Phi) is 4.11. The number of sulfone groups is 1. The fourth-order valence-corrected chi connectivity index (χ4v) is 1.62. The van der Waals surface area contributed by atoms with Gasteiger partial charge in [0.2, 0.25) is 0 Å². The molecule has 0 fully saturated rings. The minimum atomic E-state index is -3.12. The quantitative estimate of drug-likeness (QED) is 0.636. The molecule has 0 unspecified atom stereocenters. The third-order valence-electron chi connectivity index (χ3n) is 2.28. The van der Waals surface area contributed by atoms with Crippen molar-refractivity contribution in [1.29, 1.82) is 0 Å². The zero-order valence-corrected chi connectivity index (χ0v) is 10.6. The number of anilines is 1. The molecule has 0 aliphatic carbocycles. The predicted octanol–water partition coefficient (Wildman–Crippen LogP) is 0.779. The minimum Gasteiger partial charge on any atom is -0.461 e. The maximum absolute atomic E-state index is 11.6. The summed E-state index contributed by atoms with van der Waals surface area (Å²) in [4.78, 5) is 11.6. The number of benzene rings is 1. The number of rotatable bonds is 4. The summed E-state index contributed by atoms with van der Waals surface area (Å²) in [5.41, 5.74) is 7.15. The van der Waals surface area contributed by atoms with E-state index < -0.39 is 15.8 Å². The molecule has 0 atom stereocenters. The normalized spacial score (nSPS) is 11.2.